The Bertz CT molecular complexity index is 959. The Morgan fingerprint density at radius 1 is 1.19 bits per heavy atom. The molecule has 0 spiro atoms. The fourth-order valence-electron chi connectivity index (χ4n) is 2.91. The summed E-state index contributed by atoms with van der Waals surface area (Å²) in [6.07, 6.45) is -0.475. The standard InChI is InChI=1S/C18H13Cl2N3O3/c19-10-2-4-12(14(20)5-10)15-7-16(26-23-15)18(25)22-11-3-1-9-8-21-17(24)13(9)6-11/h1-6,16H,7-8H2,(H,21,24)(H,22,25)/t16-/m1/s1. The molecule has 0 bridgehead atoms. The Morgan fingerprint density at radius 2 is 2.04 bits per heavy atom. The summed E-state index contributed by atoms with van der Waals surface area (Å²) in [5, 5.41) is 10.4. The molecule has 0 unspecified atom stereocenters. The van der Waals surface area contributed by atoms with Crippen molar-refractivity contribution in [3.63, 3.8) is 0 Å². The number of oxime groups is 1. The molecule has 8 heteroatoms. The molecular formula is C18H13Cl2N3O3. The number of rotatable bonds is 3. The molecule has 1 atom stereocenters. The van der Waals surface area contributed by atoms with E-state index < -0.39 is 6.10 Å². The van der Waals surface area contributed by atoms with Crippen LogP contribution in [0.5, 0.6) is 0 Å². The number of benzene rings is 2. The van der Waals surface area contributed by atoms with Gasteiger partial charge in [-0.05, 0) is 29.8 Å². The first-order valence-electron chi connectivity index (χ1n) is 7.91. The summed E-state index contributed by atoms with van der Waals surface area (Å²) < 4.78 is 0. The van der Waals surface area contributed by atoms with Gasteiger partial charge in [-0.25, -0.2) is 0 Å². The zero-order chi connectivity index (χ0) is 18.3. The Kier molecular flexibility index (Phi) is 4.30. The highest BCUT2D eigenvalue weighted by Gasteiger charge is 2.30. The molecule has 6 nitrogen and oxygen atoms in total. The maximum atomic E-state index is 12.4. The van der Waals surface area contributed by atoms with Crippen molar-refractivity contribution in [1.82, 2.24) is 5.32 Å². The number of carbonyl (C=O) groups excluding carboxylic acids is 2. The minimum Gasteiger partial charge on any atom is -0.382 e. The van der Waals surface area contributed by atoms with Gasteiger partial charge in [0.15, 0.2) is 0 Å². The van der Waals surface area contributed by atoms with E-state index in [2.05, 4.69) is 15.8 Å². The Labute approximate surface area is 159 Å². The molecule has 2 heterocycles. The second-order valence-electron chi connectivity index (χ2n) is 6.00. The van der Waals surface area contributed by atoms with E-state index in [1.165, 1.54) is 0 Å². The topological polar surface area (TPSA) is 79.8 Å². The quantitative estimate of drug-likeness (QED) is 0.844. The number of nitrogens with zero attached hydrogens (tertiary/aromatic N) is 1. The molecule has 2 amide bonds. The summed E-state index contributed by atoms with van der Waals surface area (Å²) in [6.45, 7) is 0.507. The molecule has 0 aromatic heterocycles. The second kappa shape index (κ2) is 6.63. The number of anilines is 1. The summed E-state index contributed by atoms with van der Waals surface area (Å²) >= 11 is 12.1. The van der Waals surface area contributed by atoms with Gasteiger partial charge < -0.3 is 15.5 Å². The normalized spacial score (nSPS) is 18.0. The van der Waals surface area contributed by atoms with Gasteiger partial charge in [-0.15, -0.1) is 0 Å². The van der Waals surface area contributed by atoms with Gasteiger partial charge in [0.25, 0.3) is 11.8 Å². The van der Waals surface area contributed by atoms with E-state index in [1.54, 1.807) is 30.3 Å². The highest BCUT2D eigenvalue weighted by molar-refractivity contribution is 6.37. The fraction of sp³-hybridized carbons (Fsp3) is 0.167. The fourth-order valence-corrected chi connectivity index (χ4v) is 3.43. The van der Waals surface area contributed by atoms with Crippen LogP contribution in [0.3, 0.4) is 0 Å². The van der Waals surface area contributed by atoms with E-state index in [-0.39, 0.29) is 11.8 Å². The lowest BCUT2D eigenvalue weighted by molar-refractivity contribution is -0.125. The van der Waals surface area contributed by atoms with E-state index in [9.17, 15) is 9.59 Å². The minimum atomic E-state index is -0.765. The van der Waals surface area contributed by atoms with Crippen LogP contribution < -0.4 is 10.6 Å². The lowest BCUT2D eigenvalue weighted by Crippen LogP contribution is -2.28. The first-order valence-corrected chi connectivity index (χ1v) is 8.67. The van der Waals surface area contributed by atoms with Gasteiger partial charge in [-0.2, -0.15) is 0 Å². The number of hydrogen-bond acceptors (Lipinski definition) is 4. The maximum absolute atomic E-state index is 12.4. The van der Waals surface area contributed by atoms with Gasteiger partial charge in [-0.3, -0.25) is 9.59 Å². The molecule has 0 saturated carbocycles. The molecule has 0 aliphatic carbocycles. The van der Waals surface area contributed by atoms with Gasteiger partial charge in [0.2, 0.25) is 6.10 Å². The van der Waals surface area contributed by atoms with Crippen LogP contribution in [0.2, 0.25) is 10.0 Å². The molecule has 2 aromatic rings. The summed E-state index contributed by atoms with van der Waals surface area (Å²) in [6, 6.07) is 10.3. The average Bonchev–Trinajstić information content (AvgIpc) is 3.23. The molecule has 0 radical (unpaired) electrons. The van der Waals surface area contributed by atoms with Gasteiger partial charge in [0.05, 0.1) is 10.7 Å². The van der Waals surface area contributed by atoms with E-state index in [0.29, 0.717) is 45.5 Å². The van der Waals surface area contributed by atoms with E-state index in [0.717, 1.165) is 5.56 Å². The van der Waals surface area contributed by atoms with E-state index in [4.69, 9.17) is 28.0 Å². The zero-order valence-electron chi connectivity index (χ0n) is 13.4. The number of nitrogens with one attached hydrogen (secondary N) is 2. The van der Waals surface area contributed by atoms with Crippen LogP contribution in [0.25, 0.3) is 0 Å². The largest absolute Gasteiger partial charge is 0.382 e. The summed E-state index contributed by atoms with van der Waals surface area (Å²) in [5.74, 6) is -0.483. The predicted octanol–water partition coefficient (Wildman–Crippen LogP) is 3.37. The third-order valence-corrected chi connectivity index (χ3v) is 4.81. The number of hydrogen-bond donors (Lipinski definition) is 2. The highest BCUT2D eigenvalue weighted by atomic mass is 35.5. The van der Waals surface area contributed by atoms with Gasteiger partial charge >= 0.3 is 0 Å². The Hall–Kier alpha value is -2.57. The molecular weight excluding hydrogens is 377 g/mol. The lowest BCUT2D eigenvalue weighted by Gasteiger charge is -2.10. The average molecular weight is 390 g/mol. The molecule has 2 N–H and O–H groups in total. The van der Waals surface area contributed by atoms with E-state index >= 15 is 0 Å². The molecule has 4 rings (SSSR count). The Morgan fingerprint density at radius 3 is 2.85 bits per heavy atom. The minimum absolute atomic E-state index is 0.142. The predicted molar refractivity (Wildman–Crippen MR) is 98.7 cm³/mol. The van der Waals surface area contributed by atoms with Crippen molar-refractivity contribution < 1.29 is 14.4 Å². The molecule has 132 valence electrons. The van der Waals surface area contributed by atoms with Crippen LogP contribution in [0.15, 0.2) is 41.6 Å². The van der Waals surface area contributed by atoms with Crippen LogP contribution in [-0.4, -0.2) is 23.6 Å². The van der Waals surface area contributed by atoms with Crippen LogP contribution in [0, 0.1) is 0 Å². The Balaban J connectivity index is 1.44. The van der Waals surface area contributed by atoms with Gasteiger partial charge in [0, 0.05) is 34.8 Å². The van der Waals surface area contributed by atoms with Crippen molar-refractivity contribution in [1.29, 1.82) is 0 Å². The molecule has 0 fully saturated rings. The molecule has 0 saturated heterocycles. The summed E-state index contributed by atoms with van der Waals surface area (Å²) in [5.41, 5.74) is 3.28. The summed E-state index contributed by atoms with van der Waals surface area (Å²) in [7, 11) is 0. The van der Waals surface area contributed by atoms with Crippen LogP contribution in [-0.2, 0) is 16.2 Å². The number of amides is 2. The van der Waals surface area contributed by atoms with Crippen LogP contribution in [0.4, 0.5) is 5.69 Å². The maximum Gasteiger partial charge on any atom is 0.268 e. The molecule has 2 aromatic carbocycles. The third-order valence-electron chi connectivity index (χ3n) is 4.26. The molecule has 2 aliphatic heterocycles. The van der Waals surface area contributed by atoms with Crippen molar-refractivity contribution in [2.75, 3.05) is 5.32 Å². The molecule has 2 aliphatic rings. The van der Waals surface area contributed by atoms with Crippen molar-refractivity contribution >= 4 is 46.4 Å². The van der Waals surface area contributed by atoms with Crippen molar-refractivity contribution in [2.45, 2.75) is 19.1 Å². The lowest BCUT2D eigenvalue weighted by atomic mass is 10.0. The first kappa shape index (κ1) is 16.9. The zero-order valence-corrected chi connectivity index (χ0v) is 14.9. The highest BCUT2D eigenvalue weighted by Crippen LogP contribution is 2.27. The number of halogens is 2. The van der Waals surface area contributed by atoms with E-state index in [1.807, 2.05) is 6.07 Å². The van der Waals surface area contributed by atoms with Crippen molar-refractivity contribution in [2.24, 2.45) is 5.16 Å². The van der Waals surface area contributed by atoms with Crippen molar-refractivity contribution in [3.8, 4) is 0 Å². The second-order valence-corrected chi connectivity index (χ2v) is 6.85. The monoisotopic (exact) mass is 389 g/mol. The smallest absolute Gasteiger partial charge is 0.268 e. The van der Waals surface area contributed by atoms with Crippen LogP contribution >= 0.6 is 23.2 Å². The molecule has 26 heavy (non-hydrogen) atoms. The summed E-state index contributed by atoms with van der Waals surface area (Å²) in [4.78, 5) is 29.4. The van der Waals surface area contributed by atoms with Gasteiger partial charge in [0.1, 0.15) is 0 Å². The van der Waals surface area contributed by atoms with Crippen LogP contribution in [0.1, 0.15) is 27.9 Å². The first-order chi connectivity index (χ1) is 12.5. The SMILES string of the molecule is O=C1NCc2ccc(NC(=O)[C@H]3CC(c4ccc(Cl)cc4Cl)=NO3)cc21. The third kappa shape index (κ3) is 3.13. The van der Waals surface area contributed by atoms with Gasteiger partial charge in [-0.1, -0.05) is 40.5 Å². The van der Waals surface area contributed by atoms with Crippen molar-refractivity contribution in [3.05, 3.63) is 63.1 Å². The number of carbonyl (C=O) groups is 2. The number of fused-ring (bicyclic) bond motifs is 1.